The molecule has 0 aromatic rings. The summed E-state index contributed by atoms with van der Waals surface area (Å²) in [5, 5.41) is 3.21. The summed E-state index contributed by atoms with van der Waals surface area (Å²) in [5.41, 5.74) is 0. The minimum atomic E-state index is 0.107. The van der Waals surface area contributed by atoms with E-state index in [0.717, 1.165) is 32.6 Å². The van der Waals surface area contributed by atoms with E-state index in [4.69, 9.17) is 0 Å². The van der Waals surface area contributed by atoms with E-state index in [2.05, 4.69) is 5.32 Å². The Kier molecular flexibility index (Phi) is 4.22. The molecule has 1 unspecified atom stereocenters. The van der Waals surface area contributed by atoms with Crippen LogP contribution in [0.1, 0.15) is 20.3 Å². The predicted molar refractivity (Wildman–Crippen MR) is 69.0 cm³/mol. The zero-order valence-electron chi connectivity index (χ0n) is 11.3. The Hall–Kier alpha value is -1.10. The number of nitrogens with zero attached hydrogens (tertiary/aromatic N) is 2. The van der Waals surface area contributed by atoms with E-state index >= 15 is 0 Å². The summed E-state index contributed by atoms with van der Waals surface area (Å²) in [6.07, 6.45) is 0.890. The van der Waals surface area contributed by atoms with Gasteiger partial charge in [0.1, 0.15) is 0 Å². The van der Waals surface area contributed by atoms with Crippen LogP contribution < -0.4 is 5.32 Å². The molecule has 2 heterocycles. The van der Waals surface area contributed by atoms with Crippen LogP contribution in [0.3, 0.4) is 0 Å². The number of amides is 2. The molecule has 0 aliphatic carbocycles. The van der Waals surface area contributed by atoms with Crippen LogP contribution in [0.25, 0.3) is 0 Å². The molecule has 0 bridgehead atoms. The van der Waals surface area contributed by atoms with E-state index in [-0.39, 0.29) is 17.7 Å². The number of nitrogens with one attached hydrogen (secondary N) is 1. The van der Waals surface area contributed by atoms with Gasteiger partial charge in [-0.3, -0.25) is 9.59 Å². The van der Waals surface area contributed by atoms with Gasteiger partial charge in [0, 0.05) is 39.0 Å². The van der Waals surface area contributed by atoms with E-state index in [0.29, 0.717) is 19.0 Å². The number of rotatable bonds is 2. The first-order valence-corrected chi connectivity index (χ1v) is 6.84. The summed E-state index contributed by atoms with van der Waals surface area (Å²) >= 11 is 0. The first-order valence-electron chi connectivity index (χ1n) is 6.84. The van der Waals surface area contributed by atoms with E-state index in [9.17, 15) is 9.59 Å². The molecule has 0 aromatic heterocycles. The van der Waals surface area contributed by atoms with Crippen LogP contribution in [-0.4, -0.2) is 60.9 Å². The Bertz CT molecular complexity index is 328. The largest absolute Gasteiger partial charge is 0.341 e. The molecule has 5 heteroatoms. The molecule has 2 aliphatic heterocycles. The molecule has 1 atom stereocenters. The van der Waals surface area contributed by atoms with Gasteiger partial charge in [-0.1, -0.05) is 6.92 Å². The molecule has 0 aromatic carbocycles. The van der Waals surface area contributed by atoms with Crippen LogP contribution >= 0.6 is 0 Å². The van der Waals surface area contributed by atoms with Crippen LogP contribution in [-0.2, 0) is 9.59 Å². The fraction of sp³-hybridized carbons (Fsp3) is 0.846. The molecular formula is C13H23N3O2. The molecule has 0 spiro atoms. The van der Waals surface area contributed by atoms with Gasteiger partial charge < -0.3 is 15.1 Å². The second-order valence-electron chi connectivity index (χ2n) is 5.39. The first kappa shape index (κ1) is 13.3. The van der Waals surface area contributed by atoms with Crippen molar-refractivity contribution in [3.05, 3.63) is 0 Å². The minimum Gasteiger partial charge on any atom is -0.341 e. The number of carbonyl (C=O) groups excluding carboxylic acids is 2. The maximum absolute atomic E-state index is 12.4. The highest BCUT2D eigenvalue weighted by Crippen LogP contribution is 2.19. The van der Waals surface area contributed by atoms with Gasteiger partial charge >= 0.3 is 0 Å². The molecule has 2 fully saturated rings. The van der Waals surface area contributed by atoms with Crippen molar-refractivity contribution in [2.24, 2.45) is 11.8 Å². The molecular weight excluding hydrogens is 230 g/mol. The van der Waals surface area contributed by atoms with Crippen molar-refractivity contribution < 1.29 is 9.59 Å². The Morgan fingerprint density at radius 3 is 2.28 bits per heavy atom. The molecule has 2 saturated heterocycles. The van der Waals surface area contributed by atoms with Crippen LogP contribution in [0.4, 0.5) is 0 Å². The second kappa shape index (κ2) is 5.69. The summed E-state index contributed by atoms with van der Waals surface area (Å²) in [4.78, 5) is 27.5. The van der Waals surface area contributed by atoms with Crippen molar-refractivity contribution in [2.45, 2.75) is 20.3 Å². The van der Waals surface area contributed by atoms with Gasteiger partial charge in [0.25, 0.3) is 0 Å². The van der Waals surface area contributed by atoms with Crippen LogP contribution in [0.2, 0.25) is 0 Å². The fourth-order valence-corrected chi connectivity index (χ4v) is 2.61. The lowest BCUT2D eigenvalue weighted by Crippen LogP contribution is -2.51. The zero-order chi connectivity index (χ0) is 13.1. The quantitative estimate of drug-likeness (QED) is 0.749. The summed E-state index contributed by atoms with van der Waals surface area (Å²) in [7, 11) is 0. The lowest BCUT2D eigenvalue weighted by Gasteiger charge is -2.34. The lowest BCUT2D eigenvalue weighted by molar-refractivity contribution is -0.137. The lowest BCUT2D eigenvalue weighted by atomic mass is 9.88. The van der Waals surface area contributed by atoms with E-state index in [1.807, 2.05) is 16.7 Å². The van der Waals surface area contributed by atoms with Gasteiger partial charge in [-0.2, -0.15) is 0 Å². The summed E-state index contributed by atoms with van der Waals surface area (Å²) in [6, 6.07) is 0. The van der Waals surface area contributed by atoms with Gasteiger partial charge in [-0.15, -0.1) is 0 Å². The molecule has 2 amide bonds. The second-order valence-corrected chi connectivity index (χ2v) is 5.39. The standard InChI is InChI=1S/C13H23N3O2/c1-10(12-8-14-9-12)13(18)16-5-3-4-15(6-7-16)11(2)17/h10,12,14H,3-9H2,1-2H3. The van der Waals surface area contributed by atoms with E-state index < -0.39 is 0 Å². The Labute approximate surface area is 108 Å². The highest BCUT2D eigenvalue weighted by atomic mass is 16.2. The SMILES string of the molecule is CC(=O)N1CCCN(C(=O)C(C)C2CNC2)CC1. The summed E-state index contributed by atoms with van der Waals surface area (Å²) in [5.74, 6) is 0.965. The first-order chi connectivity index (χ1) is 8.59. The van der Waals surface area contributed by atoms with Crippen molar-refractivity contribution in [3.8, 4) is 0 Å². The van der Waals surface area contributed by atoms with E-state index in [1.165, 1.54) is 0 Å². The number of carbonyl (C=O) groups is 2. The van der Waals surface area contributed by atoms with Gasteiger partial charge in [-0.25, -0.2) is 0 Å². The number of hydrogen-bond acceptors (Lipinski definition) is 3. The predicted octanol–water partition coefficient (Wildman–Crippen LogP) is -0.0773. The molecule has 0 saturated carbocycles. The van der Waals surface area contributed by atoms with E-state index in [1.54, 1.807) is 6.92 Å². The molecule has 0 radical (unpaired) electrons. The third kappa shape index (κ3) is 2.83. The zero-order valence-corrected chi connectivity index (χ0v) is 11.3. The van der Waals surface area contributed by atoms with Crippen molar-refractivity contribution in [2.75, 3.05) is 39.3 Å². The van der Waals surface area contributed by atoms with Crippen LogP contribution in [0.5, 0.6) is 0 Å². The summed E-state index contributed by atoms with van der Waals surface area (Å²) in [6.45, 7) is 8.47. The van der Waals surface area contributed by atoms with Gasteiger partial charge in [0.2, 0.25) is 11.8 Å². The number of hydrogen-bond donors (Lipinski definition) is 1. The monoisotopic (exact) mass is 253 g/mol. The Morgan fingerprint density at radius 2 is 1.72 bits per heavy atom. The van der Waals surface area contributed by atoms with Crippen molar-refractivity contribution >= 4 is 11.8 Å². The maximum atomic E-state index is 12.4. The average molecular weight is 253 g/mol. The summed E-state index contributed by atoms with van der Waals surface area (Å²) < 4.78 is 0. The van der Waals surface area contributed by atoms with Crippen molar-refractivity contribution in [1.29, 1.82) is 0 Å². The minimum absolute atomic E-state index is 0.107. The van der Waals surface area contributed by atoms with Crippen LogP contribution in [0, 0.1) is 11.8 Å². The van der Waals surface area contributed by atoms with Crippen molar-refractivity contribution in [3.63, 3.8) is 0 Å². The Morgan fingerprint density at radius 1 is 1.11 bits per heavy atom. The van der Waals surface area contributed by atoms with Gasteiger partial charge in [0.15, 0.2) is 0 Å². The molecule has 18 heavy (non-hydrogen) atoms. The molecule has 2 rings (SSSR count). The molecule has 102 valence electrons. The maximum Gasteiger partial charge on any atom is 0.225 e. The topological polar surface area (TPSA) is 52.7 Å². The third-order valence-corrected chi connectivity index (χ3v) is 4.16. The molecule has 5 nitrogen and oxygen atoms in total. The van der Waals surface area contributed by atoms with Gasteiger partial charge in [-0.05, 0) is 25.4 Å². The highest BCUT2D eigenvalue weighted by Gasteiger charge is 2.32. The average Bonchev–Trinajstić information content (AvgIpc) is 2.50. The highest BCUT2D eigenvalue weighted by molar-refractivity contribution is 5.79. The molecule has 2 aliphatic rings. The van der Waals surface area contributed by atoms with Gasteiger partial charge in [0.05, 0.1) is 0 Å². The van der Waals surface area contributed by atoms with Crippen LogP contribution in [0.15, 0.2) is 0 Å². The normalized spacial score (nSPS) is 23.2. The smallest absolute Gasteiger partial charge is 0.225 e. The molecule has 1 N–H and O–H groups in total. The third-order valence-electron chi connectivity index (χ3n) is 4.16. The Balaban J connectivity index is 1.88. The van der Waals surface area contributed by atoms with Crippen molar-refractivity contribution in [1.82, 2.24) is 15.1 Å². The fourth-order valence-electron chi connectivity index (χ4n) is 2.61.